The van der Waals surface area contributed by atoms with Gasteiger partial charge in [-0.1, -0.05) is 0 Å². The average molecular weight is 203 g/mol. The minimum atomic E-state index is 0.502. The zero-order chi connectivity index (χ0) is 10.5. The third-order valence-corrected chi connectivity index (χ3v) is 1.99. The average Bonchev–Trinajstić information content (AvgIpc) is 2.71. The van der Waals surface area contributed by atoms with Gasteiger partial charge in [-0.3, -0.25) is 0 Å². The summed E-state index contributed by atoms with van der Waals surface area (Å²) in [6, 6.07) is 5.66. The van der Waals surface area contributed by atoms with Gasteiger partial charge in [0.2, 0.25) is 0 Å². The Kier molecular flexibility index (Phi) is 2.94. The third-order valence-electron chi connectivity index (χ3n) is 1.99. The molecule has 2 aromatic heterocycles. The van der Waals surface area contributed by atoms with Gasteiger partial charge in [-0.05, 0) is 18.2 Å². The Labute approximate surface area is 87.8 Å². The van der Waals surface area contributed by atoms with Crippen LogP contribution in [0.4, 0.5) is 5.82 Å². The maximum Gasteiger partial charge on any atom is 0.144 e. The van der Waals surface area contributed by atoms with E-state index in [1.807, 2.05) is 18.3 Å². The van der Waals surface area contributed by atoms with Crippen molar-refractivity contribution >= 4 is 5.82 Å². The monoisotopic (exact) mass is 203 g/mol. The number of H-pyrrole nitrogens is 1. The molecule has 78 valence electrons. The molecule has 0 unspecified atom stereocenters. The molecule has 5 nitrogen and oxygen atoms in total. The van der Waals surface area contributed by atoms with E-state index in [1.54, 1.807) is 12.3 Å². The maximum absolute atomic E-state index is 5.54. The second kappa shape index (κ2) is 4.56. The molecule has 0 bridgehead atoms. The number of nitrogen functional groups attached to an aromatic ring is 1. The van der Waals surface area contributed by atoms with Crippen LogP contribution in [0.2, 0.25) is 0 Å². The molecule has 15 heavy (non-hydrogen) atoms. The zero-order valence-corrected chi connectivity index (χ0v) is 8.27. The summed E-state index contributed by atoms with van der Waals surface area (Å²) in [5.74, 6) is 1.21. The summed E-state index contributed by atoms with van der Waals surface area (Å²) in [5.41, 5.74) is 6.68. The van der Waals surface area contributed by atoms with Gasteiger partial charge < -0.3 is 16.0 Å². The molecule has 0 fully saturated rings. The van der Waals surface area contributed by atoms with Crippen molar-refractivity contribution in [3.63, 3.8) is 0 Å². The van der Waals surface area contributed by atoms with Crippen LogP contribution in [0, 0.1) is 0 Å². The molecule has 0 radical (unpaired) electrons. The highest BCUT2D eigenvalue weighted by atomic mass is 15.0. The van der Waals surface area contributed by atoms with E-state index in [1.165, 1.54) is 0 Å². The van der Waals surface area contributed by atoms with Crippen molar-refractivity contribution in [2.24, 2.45) is 0 Å². The molecule has 0 aliphatic heterocycles. The normalized spacial score (nSPS) is 10.4. The van der Waals surface area contributed by atoms with Gasteiger partial charge in [-0.15, -0.1) is 0 Å². The van der Waals surface area contributed by atoms with Gasteiger partial charge in [0, 0.05) is 24.6 Å². The van der Waals surface area contributed by atoms with Crippen LogP contribution in [0.1, 0.15) is 11.5 Å². The van der Waals surface area contributed by atoms with E-state index in [2.05, 4.69) is 20.3 Å². The Balaban J connectivity index is 1.83. The molecule has 0 saturated heterocycles. The van der Waals surface area contributed by atoms with Crippen molar-refractivity contribution in [2.75, 3.05) is 5.73 Å². The van der Waals surface area contributed by atoms with Gasteiger partial charge in [0.15, 0.2) is 0 Å². The summed E-state index contributed by atoms with van der Waals surface area (Å²) in [7, 11) is 0. The predicted octanol–water partition coefficient (Wildman–Crippen LogP) is 0.677. The van der Waals surface area contributed by atoms with Gasteiger partial charge in [0.1, 0.15) is 11.6 Å². The van der Waals surface area contributed by atoms with E-state index in [4.69, 9.17) is 5.73 Å². The van der Waals surface area contributed by atoms with Crippen molar-refractivity contribution < 1.29 is 0 Å². The van der Waals surface area contributed by atoms with Crippen LogP contribution in [0.25, 0.3) is 0 Å². The molecular formula is C10H13N5. The van der Waals surface area contributed by atoms with Crippen LogP contribution < -0.4 is 11.1 Å². The minimum Gasteiger partial charge on any atom is -0.384 e. The molecule has 0 spiro atoms. The third kappa shape index (κ3) is 2.78. The Morgan fingerprint density at radius 1 is 1.33 bits per heavy atom. The van der Waals surface area contributed by atoms with Crippen LogP contribution in [0.15, 0.2) is 30.6 Å². The first-order valence-corrected chi connectivity index (χ1v) is 4.75. The van der Waals surface area contributed by atoms with Gasteiger partial charge in [0.25, 0.3) is 0 Å². The fourth-order valence-corrected chi connectivity index (χ4v) is 1.29. The predicted molar refractivity (Wildman–Crippen MR) is 57.8 cm³/mol. The van der Waals surface area contributed by atoms with Crippen molar-refractivity contribution in [1.82, 2.24) is 20.3 Å². The number of rotatable bonds is 4. The molecule has 0 aliphatic rings. The smallest absolute Gasteiger partial charge is 0.144 e. The number of aromatic amines is 1. The van der Waals surface area contributed by atoms with E-state index in [-0.39, 0.29) is 0 Å². The summed E-state index contributed by atoms with van der Waals surface area (Å²) in [6.07, 6.45) is 3.56. The molecule has 2 heterocycles. The highest BCUT2D eigenvalue weighted by Gasteiger charge is 1.97. The molecular weight excluding hydrogens is 190 g/mol. The highest BCUT2D eigenvalue weighted by molar-refractivity contribution is 5.24. The minimum absolute atomic E-state index is 0.502. The standard InChI is InChI=1S/C10H13N5/c11-9-3-5-14-10(15-9)7-12-6-8-2-1-4-13-8/h1-5,12-13H,6-7H2,(H2,11,14,15). The lowest BCUT2D eigenvalue weighted by Gasteiger charge is -2.02. The van der Waals surface area contributed by atoms with Crippen molar-refractivity contribution in [2.45, 2.75) is 13.1 Å². The van der Waals surface area contributed by atoms with E-state index in [0.717, 1.165) is 12.2 Å². The second-order valence-corrected chi connectivity index (χ2v) is 3.20. The Morgan fingerprint density at radius 3 is 3.00 bits per heavy atom. The first kappa shape index (κ1) is 9.67. The van der Waals surface area contributed by atoms with Gasteiger partial charge in [0.05, 0.1) is 6.54 Å². The fraction of sp³-hybridized carbons (Fsp3) is 0.200. The number of nitrogens with two attached hydrogens (primary N) is 1. The molecule has 0 aromatic carbocycles. The maximum atomic E-state index is 5.54. The second-order valence-electron chi connectivity index (χ2n) is 3.20. The lowest BCUT2D eigenvalue weighted by atomic mass is 10.4. The number of nitrogens with zero attached hydrogens (tertiary/aromatic N) is 2. The van der Waals surface area contributed by atoms with Crippen molar-refractivity contribution in [3.8, 4) is 0 Å². The highest BCUT2D eigenvalue weighted by Crippen LogP contribution is 1.97. The topological polar surface area (TPSA) is 79.6 Å². The van der Waals surface area contributed by atoms with E-state index < -0.39 is 0 Å². The molecule has 0 saturated carbocycles. The molecule has 2 aromatic rings. The summed E-state index contributed by atoms with van der Waals surface area (Å²) in [4.78, 5) is 11.3. The molecule has 0 atom stereocenters. The number of hydrogen-bond donors (Lipinski definition) is 3. The summed E-state index contributed by atoms with van der Waals surface area (Å²) in [5, 5.41) is 3.22. The first-order chi connectivity index (χ1) is 7.34. The van der Waals surface area contributed by atoms with Crippen LogP contribution in [0.5, 0.6) is 0 Å². The molecule has 2 rings (SSSR count). The molecule has 0 aliphatic carbocycles. The van der Waals surface area contributed by atoms with E-state index in [9.17, 15) is 0 Å². The summed E-state index contributed by atoms with van der Waals surface area (Å²) in [6.45, 7) is 1.38. The SMILES string of the molecule is Nc1ccnc(CNCc2ccc[nH]2)n1. The van der Waals surface area contributed by atoms with Crippen LogP contribution in [0.3, 0.4) is 0 Å². The van der Waals surface area contributed by atoms with Crippen LogP contribution >= 0.6 is 0 Å². The fourth-order valence-electron chi connectivity index (χ4n) is 1.29. The summed E-state index contributed by atoms with van der Waals surface area (Å²) < 4.78 is 0. The van der Waals surface area contributed by atoms with Gasteiger partial charge in [-0.2, -0.15) is 0 Å². The van der Waals surface area contributed by atoms with Crippen molar-refractivity contribution in [3.05, 3.63) is 42.1 Å². The summed E-state index contributed by atoms with van der Waals surface area (Å²) >= 11 is 0. The lowest BCUT2D eigenvalue weighted by molar-refractivity contribution is 0.655. The molecule has 0 amide bonds. The molecule has 4 N–H and O–H groups in total. The Hall–Kier alpha value is -1.88. The zero-order valence-electron chi connectivity index (χ0n) is 8.27. The number of hydrogen-bond acceptors (Lipinski definition) is 4. The number of aromatic nitrogens is 3. The quantitative estimate of drug-likeness (QED) is 0.682. The Morgan fingerprint density at radius 2 is 2.27 bits per heavy atom. The van der Waals surface area contributed by atoms with Crippen LogP contribution in [-0.4, -0.2) is 15.0 Å². The van der Waals surface area contributed by atoms with E-state index in [0.29, 0.717) is 18.2 Å². The Bertz CT molecular complexity index is 410. The lowest BCUT2D eigenvalue weighted by Crippen LogP contribution is -2.15. The number of anilines is 1. The number of nitrogens with one attached hydrogen (secondary N) is 2. The first-order valence-electron chi connectivity index (χ1n) is 4.75. The molecule has 5 heteroatoms. The van der Waals surface area contributed by atoms with Gasteiger partial charge >= 0.3 is 0 Å². The van der Waals surface area contributed by atoms with Crippen molar-refractivity contribution in [1.29, 1.82) is 0 Å². The van der Waals surface area contributed by atoms with Gasteiger partial charge in [-0.25, -0.2) is 9.97 Å². The van der Waals surface area contributed by atoms with E-state index >= 15 is 0 Å². The largest absolute Gasteiger partial charge is 0.384 e. The van der Waals surface area contributed by atoms with Crippen LogP contribution in [-0.2, 0) is 13.1 Å².